The van der Waals surface area contributed by atoms with Gasteiger partial charge >= 0.3 is 0 Å². The zero-order chi connectivity index (χ0) is 21.8. The van der Waals surface area contributed by atoms with Crippen LogP contribution in [0.4, 0.5) is 0 Å². The molecule has 0 aromatic heterocycles. The van der Waals surface area contributed by atoms with E-state index in [1.807, 2.05) is 55.5 Å². The molecule has 0 heterocycles. The van der Waals surface area contributed by atoms with E-state index in [4.69, 9.17) is 4.43 Å². The lowest BCUT2D eigenvalue weighted by Crippen LogP contribution is -2.48. The summed E-state index contributed by atoms with van der Waals surface area (Å²) in [4.78, 5) is 1.39. The smallest absolute Gasteiger partial charge is 0.202 e. The first-order valence-corrected chi connectivity index (χ1v) is 13.6. The van der Waals surface area contributed by atoms with Gasteiger partial charge in [-0.1, -0.05) is 77.4 Å². The Balaban J connectivity index is 2.51. The minimum Gasteiger partial charge on any atom is -0.397 e. The highest BCUT2D eigenvalue weighted by Crippen LogP contribution is 2.45. The molecule has 29 heavy (non-hydrogen) atoms. The highest BCUT2D eigenvalue weighted by atomic mass is 32.2. The van der Waals surface area contributed by atoms with E-state index in [0.717, 1.165) is 10.5 Å². The van der Waals surface area contributed by atoms with E-state index >= 15 is 0 Å². The molecule has 0 saturated heterocycles. The van der Waals surface area contributed by atoms with Crippen molar-refractivity contribution in [2.24, 2.45) is 0 Å². The number of aryl methyl sites for hydroxylation is 1. The molecule has 2 aromatic rings. The Morgan fingerprint density at radius 1 is 0.897 bits per heavy atom. The number of nitriles is 1. The summed E-state index contributed by atoms with van der Waals surface area (Å²) in [6.45, 7) is 15.2. The van der Waals surface area contributed by atoms with Gasteiger partial charge in [0.25, 0.3) is 0 Å². The summed E-state index contributed by atoms with van der Waals surface area (Å²) in [7, 11) is -3.63. The SMILES string of the molecule is Cc1ccc(S(=O)c2ccccc2[C@H](C#N)O[Si](C(C)C)(C(C)C)C(C)C)cc1. The zero-order valence-electron chi connectivity index (χ0n) is 18.6. The Kier molecular flexibility index (Phi) is 7.99. The van der Waals surface area contributed by atoms with E-state index in [1.165, 1.54) is 0 Å². The van der Waals surface area contributed by atoms with Crippen LogP contribution in [0.25, 0.3) is 0 Å². The van der Waals surface area contributed by atoms with Crippen LogP contribution in [0.15, 0.2) is 58.3 Å². The fourth-order valence-electron chi connectivity index (χ4n) is 4.43. The van der Waals surface area contributed by atoms with Crippen molar-refractivity contribution < 1.29 is 8.63 Å². The molecular weight excluding hydrogens is 394 g/mol. The molecule has 156 valence electrons. The molecule has 0 aliphatic carbocycles. The molecule has 0 aliphatic heterocycles. The highest BCUT2D eigenvalue weighted by molar-refractivity contribution is 7.85. The summed E-state index contributed by atoms with van der Waals surface area (Å²) in [5.74, 6) is 0. The largest absolute Gasteiger partial charge is 0.397 e. The fraction of sp³-hybridized carbons (Fsp3) is 0.458. The van der Waals surface area contributed by atoms with E-state index in [9.17, 15) is 9.47 Å². The lowest BCUT2D eigenvalue weighted by atomic mass is 10.1. The minimum absolute atomic E-state index is 0.369. The standard InChI is InChI=1S/C24H33NO2SSi/c1-17(2)29(18(3)4,19(5)6)27-23(16-25)22-10-8-9-11-24(22)28(26)21-14-12-20(7)13-15-21/h8-15,17-19,23H,1-7H3/t23-,28?/m0/s1. The van der Waals surface area contributed by atoms with Crippen molar-refractivity contribution in [1.82, 2.24) is 0 Å². The summed E-state index contributed by atoms with van der Waals surface area (Å²) in [6, 6.07) is 17.6. The highest BCUT2D eigenvalue weighted by Gasteiger charge is 2.47. The number of benzene rings is 2. The second-order valence-corrected chi connectivity index (χ2v) is 15.4. The maximum atomic E-state index is 13.3. The Hall–Kier alpha value is -1.74. The summed E-state index contributed by atoms with van der Waals surface area (Å²) in [5.41, 5.74) is 2.95. The molecule has 0 saturated carbocycles. The molecule has 3 nitrogen and oxygen atoms in total. The van der Waals surface area contributed by atoms with Gasteiger partial charge in [-0.25, -0.2) is 4.21 Å². The maximum Gasteiger partial charge on any atom is 0.202 e. The molecule has 5 heteroatoms. The molecule has 0 bridgehead atoms. The Morgan fingerprint density at radius 3 is 1.90 bits per heavy atom. The summed E-state index contributed by atoms with van der Waals surface area (Å²) in [5, 5.41) is 10.0. The zero-order valence-corrected chi connectivity index (χ0v) is 20.4. The monoisotopic (exact) mass is 427 g/mol. The van der Waals surface area contributed by atoms with Crippen LogP contribution in [-0.2, 0) is 15.2 Å². The molecule has 0 N–H and O–H groups in total. The molecule has 2 aromatic carbocycles. The molecular formula is C24H33NO2SSi. The van der Waals surface area contributed by atoms with Gasteiger partial charge in [0.15, 0.2) is 6.10 Å². The predicted octanol–water partition coefficient (Wildman–Crippen LogP) is 6.92. The Bertz CT molecular complexity index is 863. The van der Waals surface area contributed by atoms with Gasteiger partial charge in [-0.05, 0) is 41.7 Å². The summed E-state index contributed by atoms with van der Waals surface area (Å²) >= 11 is 0. The van der Waals surface area contributed by atoms with E-state index in [-0.39, 0.29) is 0 Å². The van der Waals surface area contributed by atoms with Gasteiger partial charge in [-0.3, -0.25) is 0 Å². The summed E-state index contributed by atoms with van der Waals surface area (Å²) < 4.78 is 20.1. The fourth-order valence-corrected chi connectivity index (χ4v) is 11.1. The Morgan fingerprint density at radius 2 is 1.41 bits per heavy atom. The molecule has 0 radical (unpaired) electrons. The second kappa shape index (κ2) is 9.84. The lowest BCUT2D eigenvalue weighted by Gasteiger charge is -2.43. The van der Waals surface area contributed by atoms with Crippen molar-refractivity contribution in [3.63, 3.8) is 0 Å². The van der Waals surface area contributed by atoms with Gasteiger partial charge in [-0.2, -0.15) is 5.26 Å². The first-order valence-electron chi connectivity index (χ1n) is 10.3. The average molecular weight is 428 g/mol. The van der Waals surface area contributed by atoms with Crippen LogP contribution >= 0.6 is 0 Å². The lowest BCUT2D eigenvalue weighted by molar-refractivity contribution is 0.224. The Labute approximate surface area is 179 Å². The van der Waals surface area contributed by atoms with E-state index in [1.54, 1.807) is 0 Å². The van der Waals surface area contributed by atoms with Gasteiger partial charge in [0.2, 0.25) is 8.32 Å². The van der Waals surface area contributed by atoms with Crippen molar-refractivity contribution in [2.75, 3.05) is 0 Å². The van der Waals surface area contributed by atoms with Gasteiger partial charge in [0.05, 0.1) is 21.8 Å². The van der Waals surface area contributed by atoms with Gasteiger partial charge < -0.3 is 4.43 Å². The average Bonchev–Trinajstić information content (AvgIpc) is 2.68. The predicted molar refractivity (Wildman–Crippen MR) is 123 cm³/mol. The van der Waals surface area contributed by atoms with E-state index in [2.05, 4.69) is 47.6 Å². The third kappa shape index (κ3) is 4.88. The molecule has 0 fully saturated rings. The number of hydrogen-bond donors (Lipinski definition) is 0. The minimum atomic E-state index is -2.26. The van der Waals surface area contributed by atoms with E-state index < -0.39 is 25.2 Å². The summed E-state index contributed by atoms with van der Waals surface area (Å²) in [6.07, 6.45) is -0.723. The molecule has 2 atom stereocenters. The van der Waals surface area contributed by atoms with Crippen molar-refractivity contribution in [3.8, 4) is 6.07 Å². The normalized spacial score (nSPS) is 14.2. The van der Waals surface area contributed by atoms with Crippen LogP contribution in [-0.4, -0.2) is 12.5 Å². The first-order chi connectivity index (χ1) is 13.6. The van der Waals surface area contributed by atoms with Crippen molar-refractivity contribution in [1.29, 1.82) is 5.26 Å². The maximum absolute atomic E-state index is 13.3. The number of hydrogen-bond acceptors (Lipinski definition) is 3. The molecule has 1 unspecified atom stereocenters. The quantitative estimate of drug-likeness (QED) is 0.430. The van der Waals surface area contributed by atoms with Gasteiger partial charge in [-0.15, -0.1) is 0 Å². The van der Waals surface area contributed by atoms with Crippen LogP contribution in [0.2, 0.25) is 16.6 Å². The van der Waals surface area contributed by atoms with Crippen molar-refractivity contribution in [3.05, 3.63) is 59.7 Å². The molecule has 0 amide bonds. The van der Waals surface area contributed by atoms with Gasteiger partial charge in [0.1, 0.15) is 0 Å². The van der Waals surface area contributed by atoms with Crippen molar-refractivity contribution >= 4 is 19.1 Å². The molecule has 2 rings (SSSR count). The third-order valence-electron chi connectivity index (χ3n) is 5.78. The van der Waals surface area contributed by atoms with Crippen LogP contribution in [0.5, 0.6) is 0 Å². The van der Waals surface area contributed by atoms with E-state index in [0.29, 0.717) is 27.1 Å². The van der Waals surface area contributed by atoms with Crippen molar-refractivity contribution in [2.45, 2.75) is 81.0 Å². The van der Waals surface area contributed by atoms with Crippen LogP contribution in [0, 0.1) is 18.3 Å². The number of nitrogens with zero attached hydrogens (tertiary/aromatic N) is 1. The van der Waals surface area contributed by atoms with Crippen LogP contribution in [0.3, 0.4) is 0 Å². The van der Waals surface area contributed by atoms with Crippen LogP contribution < -0.4 is 0 Å². The molecule has 0 aliphatic rings. The first kappa shape index (κ1) is 23.5. The molecule has 0 spiro atoms. The topological polar surface area (TPSA) is 50.1 Å². The van der Waals surface area contributed by atoms with Gasteiger partial charge in [0, 0.05) is 10.5 Å². The van der Waals surface area contributed by atoms with Crippen LogP contribution in [0.1, 0.15) is 58.8 Å². The number of rotatable bonds is 8. The second-order valence-electron chi connectivity index (χ2n) is 8.56. The third-order valence-corrected chi connectivity index (χ3v) is 13.3.